The second kappa shape index (κ2) is 9.22. The molecule has 0 fully saturated rings. The van der Waals surface area contributed by atoms with Crippen molar-refractivity contribution >= 4 is 22.9 Å². The van der Waals surface area contributed by atoms with E-state index in [0.29, 0.717) is 34.2 Å². The minimum Gasteiger partial charge on any atom is -0.493 e. The van der Waals surface area contributed by atoms with E-state index < -0.39 is 5.91 Å². The van der Waals surface area contributed by atoms with Gasteiger partial charge in [-0.05, 0) is 35.0 Å². The first-order chi connectivity index (χ1) is 15.6. The van der Waals surface area contributed by atoms with E-state index in [0.717, 1.165) is 16.3 Å². The van der Waals surface area contributed by atoms with E-state index >= 15 is 0 Å². The number of carbonyl (C=O) groups excluding carboxylic acids is 1. The van der Waals surface area contributed by atoms with Gasteiger partial charge in [0.2, 0.25) is 5.75 Å². The predicted octanol–water partition coefficient (Wildman–Crippen LogP) is 4.02. The highest BCUT2D eigenvalue weighted by atomic mass is 16.5. The number of hydrogen-bond acceptors (Lipinski definition) is 6. The van der Waals surface area contributed by atoms with Gasteiger partial charge in [-0.15, -0.1) is 0 Å². The molecule has 32 heavy (non-hydrogen) atoms. The number of carbonyl (C=O) groups is 1. The van der Waals surface area contributed by atoms with Crippen LogP contribution in [0.2, 0.25) is 0 Å². The molecular formula is C24H22N4O4. The average Bonchev–Trinajstić information content (AvgIpc) is 3.33. The minimum absolute atomic E-state index is 0.296. The lowest BCUT2D eigenvalue weighted by Crippen LogP contribution is -2.18. The lowest BCUT2D eigenvalue weighted by atomic mass is 10.1. The van der Waals surface area contributed by atoms with Crippen molar-refractivity contribution in [1.82, 2.24) is 15.6 Å². The van der Waals surface area contributed by atoms with Gasteiger partial charge in [0.15, 0.2) is 11.5 Å². The molecule has 0 aliphatic rings. The highest BCUT2D eigenvalue weighted by Crippen LogP contribution is 2.39. The standard InChI is InChI=1S/C24H22N4O4/c1-30-21-11-10-18(22(31-2)23(21)32-3)14-25-28-24(29)20-13-19(26-27-20)17-9-8-15-6-4-5-7-16(15)12-17/h4-14H,1-3H3,(H,26,27)(H,28,29). The Morgan fingerprint density at radius 1 is 0.938 bits per heavy atom. The molecule has 4 rings (SSSR count). The second-order valence-corrected chi connectivity index (χ2v) is 6.85. The number of rotatable bonds is 7. The fourth-order valence-corrected chi connectivity index (χ4v) is 3.38. The third kappa shape index (κ3) is 4.11. The largest absolute Gasteiger partial charge is 0.493 e. The molecule has 0 unspecified atom stereocenters. The number of benzene rings is 3. The summed E-state index contributed by atoms with van der Waals surface area (Å²) in [6, 6.07) is 19.3. The van der Waals surface area contributed by atoms with Gasteiger partial charge in [-0.3, -0.25) is 9.89 Å². The average molecular weight is 430 g/mol. The minimum atomic E-state index is -0.416. The number of methoxy groups -OCH3 is 3. The van der Waals surface area contributed by atoms with Crippen LogP contribution < -0.4 is 19.6 Å². The molecule has 4 aromatic rings. The summed E-state index contributed by atoms with van der Waals surface area (Å²) in [5, 5.41) is 13.3. The van der Waals surface area contributed by atoms with Crippen LogP contribution in [-0.4, -0.2) is 43.6 Å². The van der Waals surface area contributed by atoms with Crippen LogP contribution in [0.1, 0.15) is 16.1 Å². The molecule has 0 spiro atoms. The summed E-state index contributed by atoms with van der Waals surface area (Å²) < 4.78 is 16.0. The molecule has 0 radical (unpaired) electrons. The van der Waals surface area contributed by atoms with Gasteiger partial charge in [0, 0.05) is 11.1 Å². The molecular weight excluding hydrogens is 408 g/mol. The van der Waals surface area contributed by atoms with Gasteiger partial charge < -0.3 is 14.2 Å². The molecule has 1 amide bonds. The summed E-state index contributed by atoms with van der Waals surface area (Å²) in [5.41, 5.74) is 4.99. The van der Waals surface area contributed by atoms with Crippen LogP contribution in [0.25, 0.3) is 22.0 Å². The van der Waals surface area contributed by atoms with E-state index in [1.807, 2.05) is 42.5 Å². The van der Waals surface area contributed by atoms with Crippen LogP contribution >= 0.6 is 0 Å². The molecule has 8 heteroatoms. The third-order valence-corrected chi connectivity index (χ3v) is 4.97. The van der Waals surface area contributed by atoms with E-state index in [2.05, 4.69) is 20.7 Å². The van der Waals surface area contributed by atoms with Crippen molar-refractivity contribution in [2.24, 2.45) is 5.10 Å². The van der Waals surface area contributed by atoms with Crippen molar-refractivity contribution in [1.29, 1.82) is 0 Å². The molecule has 162 valence electrons. The molecule has 0 aliphatic heterocycles. The molecule has 3 aromatic carbocycles. The van der Waals surface area contributed by atoms with Crippen LogP contribution in [0.3, 0.4) is 0 Å². The predicted molar refractivity (Wildman–Crippen MR) is 123 cm³/mol. The zero-order chi connectivity index (χ0) is 22.5. The van der Waals surface area contributed by atoms with Crippen molar-refractivity contribution < 1.29 is 19.0 Å². The maximum absolute atomic E-state index is 12.5. The first-order valence-corrected chi connectivity index (χ1v) is 9.81. The van der Waals surface area contributed by atoms with Crippen LogP contribution in [0.4, 0.5) is 0 Å². The van der Waals surface area contributed by atoms with Gasteiger partial charge in [0.05, 0.1) is 33.2 Å². The van der Waals surface area contributed by atoms with E-state index in [-0.39, 0.29) is 0 Å². The second-order valence-electron chi connectivity index (χ2n) is 6.85. The van der Waals surface area contributed by atoms with E-state index in [4.69, 9.17) is 14.2 Å². The monoisotopic (exact) mass is 430 g/mol. The van der Waals surface area contributed by atoms with Crippen LogP contribution in [0.15, 0.2) is 65.8 Å². The number of hydrogen-bond donors (Lipinski definition) is 2. The maximum Gasteiger partial charge on any atom is 0.289 e. The van der Waals surface area contributed by atoms with Crippen molar-refractivity contribution in [3.05, 3.63) is 71.9 Å². The summed E-state index contributed by atoms with van der Waals surface area (Å²) >= 11 is 0. The summed E-state index contributed by atoms with van der Waals surface area (Å²) in [7, 11) is 4.59. The van der Waals surface area contributed by atoms with Gasteiger partial charge in [0.25, 0.3) is 5.91 Å². The Balaban J connectivity index is 1.49. The lowest BCUT2D eigenvalue weighted by molar-refractivity contribution is 0.0950. The van der Waals surface area contributed by atoms with E-state index in [1.54, 1.807) is 25.3 Å². The van der Waals surface area contributed by atoms with Crippen molar-refractivity contribution in [2.75, 3.05) is 21.3 Å². The topological polar surface area (TPSA) is 97.8 Å². The zero-order valence-electron chi connectivity index (χ0n) is 17.9. The van der Waals surface area contributed by atoms with E-state index in [9.17, 15) is 4.79 Å². The van der Waals surface area contributed by atoms with Gasteiger partial charge in [-0.1, -0.05) is 36.4 Å². The highest BCUT2D eigenvalue weighted by molar-refractivity contribution is 5.95. The fraction of sp³-hybridized carbons (Fsp3) is 0.125. The number of nitrogens with zero attached hydrogens (tertiary/aromatic N) is 2. The van der Waals surface area contributed by atoms with Crippen LogP contribution in [-0.2, 0) is 0 Å². The lowest BCUT2D eigenvalue weighted by Gasteiger charge is -2.13. The Hall–Kier alpha value is -4.33. The molecule has 0 saturated heterocycles. The number of amides is 1. The molecule has 2 N–H and O–H groups in total. The number of aromatic nitrogens is 2. The SMILES string of the molecule is COc1ccc(C=NNC(=O)c2cc(-c3ccc4ccccc4c3)n[nH]2)c(OC)c1OC. The Labute approximate surface area is 184 Å². The van der Waals surface area contributed by atoms with Gasteiger partial charge >= 0.3 is 0 Å². The number of hydrazone groups is 1. The van der Waals surface area contributed by atoms with Crippen molar-refractivity contribution in [3.8, 4) is 28.5 Å². The van der Waals surface area contributed by atoms with Crippen LogP contribution in [0, 0.1) is 0 Å². The number of ether oxygens (including phenoxy) is 3. The van der Waals surface area contributed by atoms with E-state index in [1.165, 1.54) is 20.4 Å². The normalized spacial score (nSPS) is 11.0. The highest BCUT2D eigenvalue weighted by Gasteiger charge is 2.15. The smallest absolute Gasteiger partial charge is 0.289 e. The Kier molecular flexibility index (Phi) is 6.03. The summed E-state index contributed by atoms with van der Waals surface area (Å²) in [5.74, 6) is 1.01. The van der Waals surface area contributed by atoms with Gasteiger partial charge in [-0.2, -0.15) is 10.2 Å². The third-order valence-electron chi connectivity index (χ3n) is 4.97. The molecule has 1 aromatic heterocycles. The first kappa shape index (κ1) is 20.9. The van der Waals surface area contributed by atoms with Crippen molar-refractivity contribution in [3.63, 3.8) is 0 Å². The van der Waals surface area contributed by atoms with Crippen molar-refractivity contribution in [2.45, 2.75) is 0 Å². The molecule has 0 aliphatic carbocycles. The Bertz CT molecular complexity index is 1300. The molecule has 1 heterocycles. The number of nitrogens with one attached hydrogen (secondary N) is 2. The number of aromatic amines is 1. The first-order valence-electron chi connectivity index (χ1n) is 9.81. The quantitative estimate of drug-likeness (QED) is 0.341. The van der Waals surface area contributed by atoms with Crippen LogP contribution in [0.5, 0.6) is 17.2 Å². The van der Waals surface area contributed by atoms with Gasteiger partial charge in [-0.25, -0.2) is 5.43 Å². The zero-order valence-corrected chi connectivity index (χ0v) is 17.9. The fourth-order valence-electron chi connectivity index (χ4n) is 3.38. The Morgan fingerprint density at radius 3 is 2.47 bits per heavy atom. The summed E-state index contributed by atoms with van der Waals surface area (Å²) in [6.45, 7) is 0. The summed E-state index contributed by atoms with van der Waals surface area (Å²) in [4.78, 5) is 12.5. The Morgan fingerprint density at radius 2 is 1.72 bits per heavy atom. The van der Waals surface area contributed by atoms with Gasteiger partial charge in [0.1, 0.15) is 5.69 Å². The maximum atomic E-state index is 12.5. The molecule has 8 nitrogen and oxygen atoms in total. The number of H-pyrrole nitrogens is 1. The summed E-state index contributed by atoms with van der Waals surface area (Å²) in [6.07, 6.45) is 1.47. The number of fused-ring (bicyclic) bond motifs is 1. The molecule has 0 saturated carbocycles. The molecule has 0 bridgehead atoms. The molecule has 0 atom stereocenters.